The first kappa shape index (κ1) is 22.1. The number of hydrogen-bond donors (Lipinski definition) is 0. The lowest BCUT2D eigenvalue weighted by molar-refractivity contribution is -0.137. The summed E-state index contributed by atoms with van der Waals surface area (Å²) in [4.78, 5) is 26.4. The Hall–Kier alpha value is -3.57. The van der Waals surface area contributed by atoms with Crippen molar-refractivity contribution in [1.82, 2.24) is 4.90 Å². The van der Waals surface area contributed by atoms with Crippen molar-refractivity contribution in [2.45, 2.75) is 13.5 Å². The molecule has 2 aromatic rings. The summed E-state index contributed by atoms with van der Waals surface area (Å²) in [5.74, 6) is 0.107. The van der Waals surface area contributed by atoms with E-state index in [2.05, 4.69) is 0 Å². The molecule has 0 unspecified atom stereocenters. The number of hydrogen-bond acceptors (Lipinski definition) is 7. The van der Waals surface area contributed by atoms with Gasteiger partial charge in [-0.2, -0.15) is 5.26 Å². The molecular formula is C23H24N2O6. The van der Waals surface area contributed by atoms with E-state index in [1.54, 1.807) is 47.4 Å². The molecule has 1 aliphatic rings. The van der Waals surface area contributed by atoms with Gasteiger partial charge in [0.25, 0.3) is 5.91 Å². The Labute approximate surface area is 180 Å². The first-order chi connectivity index (χ1) is 15.1. The van der Waals surface area contributed by atoms with E-state index in [9.17, 15) is 9.59 Å². The molecule has 8 heteroatoms. The average Bonchev–Trinajstić information content (AvgIpc) is 2.82. The molecule has 0 aromatic heterocycles. The monoisotopic (exact) mass is 424 g/mol. The molecule has 1 aliphatic heterocycles. The van der Waals surface area contributed by atoms with Gasteiger partial charge >= 0.3 is 5.97 Å². The molecule has 0 saturated carbocycles. The van der Waals surface area contributed by atoms with Crippen molar-refractivity contribution >= 4 is 11.9 Å². The van der Waals surface area contributed by atoms with Crippen molar-refractivity contribution in [2.75, 3.05) is 39.5 Å². The van der Waals surface area contributed by atoms with Crippen LogP contribution in [0.15, 0.2) is 42.5 Å². The standard InChI is InChI=1S/C23H24N2O6/c1-2-29-21-13-19(23(27)31-15-18-5-3-17(14-24)4-6-18)7-8-20(21)30-16-22(26)25-9-11-28-12-10-25/h3-8,13H,2,9-12,15-16H2,1H3. The summed E-state index contributed by atoms with van der Waals surface area (Å²) in [5.41, 5.74) is 1.63. The highest BCUT2D eigenvalue weighted by molar-refractivity contribution is 5.90. The van der Waals surface area contributed by atoms with Crippen LogP contribution in [0.5, 0.6) is 11.5 Å². The molecule has 0 atom stereocenters. The van der Waals surface area contributed by atoms with Gasteiger partial charge in [0.15, 0.2) is 18.1 Å². The summed E-state index contributed by atoms with van der Waals surface area (Å²) in [5, 5.41) is 8.84. The second-order valence-electron chi connectivity index (χ2n) is 6.76. The lowest BCUT2D eigenvalue weighted by atomic mass is 10.1. The highest BCUT2D eigenvalue weighted by Gasteiger charge is 2.19. The van der Waals surface area contributed by atoms with Crippen molar-refractivity contribution in [1.29, 1.82) is 5.26 Å². The number of rotatable bonds is 8. The topological polar surface area (TPSA) is 98.1 Å². The largest absolute Gasteiger partial charge is 0.490 e. The molecule has 3 rings (SSSR count). The van der Waals surface area contributed by atoms with Gasteiger partial charge in [-0.05, 0) is 42.8 Å². The lowest BCUT2D eigenvalue weighted by Crippen LogP contribution is -2.43. The number of ether oxygens (including phenoxy) is 4. The van der Waals surface area contributed by atoms with Crippen molar-refractivity contribution < 1.29 is 28.5 Å². The van der Waals surface area contributed by atoms with E-state index in [-0.39, 0.29) is 19.1 Å². The van der Waals surface area contributed by atoms with E-state index < -0.39 is 5.97 Å². The molecule has 0 radical (unpaired) electrons. The number of nitrogens with zero attached hydrogens (tertiary/aromatic N) is 2. The zero-order chi connectivity index (χ0) is 22.1. The molecule has 0 spiro atoms. The van der Waals surface area contributed by atoms with Gasteiger partial charge in [0, 0.05) is 13.1 Å². The van der Waals surface area contributed by atoms with E-state index >= 15 is 0 Å². The number of carbonyl (C=O) groups is 2. The predicted octanol–water partition coefficient (Wildman–Crippen LogP) is 2.55. The van der Waals surface area contributed by atoms with Crippen molar-refractivity contribution in [3.8, 4) is 17.6 Å². The van der Waals surface area contributed by atoms with E-state index in [1.165, 1.54) is 0 Å². The Morgan fingerprint density at radius 2 is 1.81 bits per heavy atom. The number of morpholine rings is 1. The van der Waals surface area contributed by atoms with Gasteiger partial charge in [0.1, 0.15) is 6.61 Å². The van der Waals surface area contributed by atoms with Crippen LogP contribution in [0.3, 0.4) is 0 Å². The number of amides is 1. The minimum absolute atomic E-state index is 0.0841. The second-order valence-corrected chi connectivity index (χ2v) is 6.76. The molecule has 1 heterocycles. The van der Waals surface area contributed by atoms with Crippen LogP contribution in [0.2, 0.25) is 0 Å². The lowest BCUT2D eigenvalue weighted by Gasteiger charge is -2.26. The summed E-state index contributed by atoms with van der Waals surface area (Å²) in [6, 6.07) is 13.5. The SMILES string of the molecule is CCOc1cc(C(=O)OCc2ccc(C#N)cc2)ccc1OCC(=O)N1CCOCC1. The maximum Gasteiger partial charge on any atom is 0.338 e. The Morgan fingerprint density at radius 1 is 1.06 bits per heavy atom. The van der Waals surface area contributed by atoms with E-state index in [0.717, 1.165) is 5.56 Å². The van der Waals surface area contributed by atoms with Crippen LogP contribution < -0.4 is 9.47 Å². The summed E-state index contributed by atoms with van der Waals surface area (Å²) in [6.07, 6.45) is 0. The summed E-state index contributed by atoms with van der Waals surface area (Å²) >= 11 is 0. The van der Waals surface area contributed by atoms with Crippen molar-refractivity contribution in [3.05, 3.63) is 59.2 Å². The highest BCUT2D eigenvalue weighted by atomic mass is 16.5. The fourth-order valence-electron chi connectivity index (χ4n) is 2.97. The van der Waals surface area contributed by atoms with Gasteiger partial charge in [-0.1, -0.05) is 12.1 Å². The molecule has 1 saturated heterocycles. The van der Waals surface area contributed by atoms with E-state index in [0.29, 0.717) is 55.5 Å². The highest BCUT2D eigenvalue weighted by Crippen LogP contribution is 2.29. The minimum Gasteiger partial charge on any atom is -0.490 e. The third-order valence-corrected chi connectivity index (χ3v) is 4.65. The molecule has 8 nitrogen and oxygen atoms in total. The van der Waals surface area contributed by atoms with Crippen LogP contribution in [-0.2, 0) is 20.9 Å². The minimum atomic E-state index is -0.513. The molecule has 162 valence electrons. The summed E-state index contributed by atoms with van der Waals surface area (Å²) in [6.45, 7) is 4.29. The molecular weight excluding hydrogens is 400 g/mol. The maximum atomic E-state index is 12.4. The van der Waals surface area contributed by atoms with Crippen LogP contribution >= 0.6 is 0 Å². The van der Waals surface area contributed by atoms with Gasteiger partial charge < -0.3 is 23.8 Å². The Bertz CT molecular complexity index is 946. The summed E-state index contributed by atoms with van der Waals surface area (Å²) < 4.78 is 21.8. The van der Waals surface area contributed by atoms with Crippen LogP contribution in [0.4, 0.5) is 0 Å². The number of esters is 1. The summed E-state index contributed by atoms with van der Waals surface area (Å²) in [7, 11) is 0. The third kappa shape index (κ3) is 6.20. The van der Waals surface area contributed by atoms with Crippen LogP contribution in [-0.4, -0.2) is 56.3 Å². The van der Waals surface area contributed by atoms with Crippen molar-refractivity contribution in [3.63, 3.8) is 0 Å². The fourth-order valence-corrected chi connectivity index (χ4v) is 2.97. The van der Waals surface area contributed by atoms with Gasteiger partial charge in [0.05, 0.1) is 37.0 Å². The van der Waals surface area contributed by atoms with Crippen LogP contribution in [0.25, 0.3) is 0 Å². The van der Waals surface area contributed by atoms with E-state index in [1.807, 2.05) is 13.0 Å². The van der Waals surface area contributed by atoms with Gasteiger partial charge in [-0.3, -0.25) is 4.79 Å². The predicted molar refractivity (Wildman–Crippen MR) is 111 cm³/mol. The second kappa shape index (κ2) is 11.0. The first-order valence-corrected chi connectivity index (χ1v) is 10.0. The first-order valence-electron chi connectivity index (χ1n) is 10.0. The molecule has 0 aliphatic carbocycles. The van der Waals surface area contributed by atoms with E-state index in [4.69, 9.17) is 24.2 Å². The Kier molecular flexibility index (Phi) is 7.85. The normalized spacial score (nSPS) is 13.2. The third-order valence-electron chi connectivity index (χ3n) is 4.65. The molecule has 31 heavy (non-hydrogen) atoms. The molecule has 1 fully saturated rings. The van der Waals surface area contributed by atoms with Crippen LogP contribution in [0.1, 0.15) is 28.4 Å². The maximum absolute atomic E-state index is 12.4. The molecule has 0 N–H and O–H groups in total. The smallest absolute Gasteiger partial charge is 0.338 e. The average molecular weight is 424 g/mol. The molecule has 2 aromatic carbocycles. The van der Waals surface area contributed by atoms with Crippen LogP contribution in [0, 0.1) is 11.3 Å². The quantitative estimate of drug-likeness (QED) is 0.601. The fraction of sp³-hybridized carbons (Fsp3) is 0.348. The zero-order valence-electron chi connectivity index (χ0n) is 17.3. The van der Waals surface area contributed by atoms with Gasteiger partial charge in [-0.15, -0.1) is 0 Å². The Balaban J connectivity index is 1.60. The van der Waals surface area contributed by atoms with Gasteiger partial charge in [-0.25, -0.2) is 4.79 Å². The molecule has 0 bridgehead atoms. The van der Waals surface area contributed by atoms with Gasteiger partial charge in [0.2, 0.25) is 0 Å². The Morgan fingerprint density at radius 3 is 2.48 bits per heavy atom. The number of benzene rings is 2. The number of nitriles is 1. The van der Waals surface area contributed by atoms with Crippen molar-refractivity contribution in [2.24, 2.45) is 0 Å². The molecule has 1 amide bonds. The number of carbonyl (C=O) groups excluding carboxylic acids is 2. The zero-order valence-corrected chi connectivity index (χ0v) is 17.3.